The average molecular weight is 159 g/mol. The molecule has 0 saturated carbocycles. The second-order valence-electron chi connectivity index (χ2n) is 2.52. The summed E-state index contributed by atoms with van der Waals surface area (Å²) in [6.45, 7) is 5.56. The van der Waals surface area contributed by atoms with Crippen molar-refractivity contribution in [3.05, 3.63) is 30.0 Å². The third-order valence-electron chi connectivity index (χ3n) is 1.48. The van der Waals surface area contributed by atoms with Crippen LogP contribution in [0.4, 0.5) is 5.82 Å². The number of anilines is 1. The first-order valence-electron chi connectivity index (χ1n) is 3.47. The maximum absolute atomic E-state index is 8.68. The van der Waals surface area contributed by atoms with Gasteiger partial charge in [0.05, 0.1) is 0 Å². The molecular weight excluding hydrogens is 150 g/mol. The molecule has 0 aliphatic carbocycles. The lowest BCUT2D eigenvalue weighted by molar-refractivity contribution is 1.25. The molecule has 12 heavy (non-hydrogen) atoms. The van der Waals surface area contributed by atoms with E-state index in [0.717, 1.165) is 11.1 Å². The van der Waals surface area contributed by atoms with Crippen molar-refractivity contribution in [2.24, 2.45) is 0 Å². The molecule has 0 unspecified atom stereocenters. The molecule has 0 radical (unpaired) electrons. The smallest absolute Gasteiger partial charge is 0.150 e. The largest absolute Gasteiger partial charge is 0.384 e. The summed E-state index contributed by atoms with van der Waals surface area (Å²) in [4.78, 5) is 3.87. The number of nitrogens with two attached hydrogens (primary N) is 1. The first kappa shape index (κ1) is 8.28. The van der Waals surface area contributed by atoms with Crippen LogP contribution in [0.3, 0.4) is 0 Å². The van der Waals surface area contributed by atoms with Crippen molar-refractivity contribution in [3.63, 3.8) is 0 Å². The summed E-state index contributed by atoms with van der Waals surface area (Å²) in [6.07, 6.45) is 0. The Labute approximate surface area is 71.2 Å². The zero-order chi connectivity index (χ0) is 9.14. The number of hydrogen-bond donors (Lipinski definition) is 1. The minimum atomic E-state index is 0.336. The lowest BCUT2D eigenvalue weighted by atomic mass is 10.1. The van der Waals surface area contributed by atoms with E-state index in [0.29, 0.717) is 11.5 Å². The molecule has 0 saturated heterocycles. The minimum absolute atomic E-state index is 0.336. The molecule has 0 amide bonds. The van der Waals surface area contributed by atoms with E-state index in [9.17, 15) is 0 Å². The van der Waals surface area contributed by atoms with E-state index in [1.165, 1.54) is 0 Å². The Bertz CT molecular complexity index is 361. The SMILES string of the molecule is C=C(C)c1ccc(N)nc1C#N. The number of rotatable bonds is 1. The molecule has 1 aromatic rings. The van der Waals surface area contributed by atoms with Crippen LogP contribution in [0.2, 0.25) is 0 Å². The van der Waals surface area contributed by atoms with Gasteiger partial charge in [0.1, 0.15) is 17.6 Å². The molecule has 0 fully saturated rings. The summed E-state index contributed by atoms with van der Waals surface area (Å²) < 4.78 is 0. The van der Waals surface area contributed by atoms with Gasteiger partial charge < -0.3 is 5.73 Å². The van der Waals surface area contributed by atoms with Crippen molar-refractivity contribution >= 4 is 11.4 Å². The summed E-state index contributed by atoms with van der Waals surface area (Å²) in [5, 5.41) is 8.68. The van der Waals surface area contributed by atoms with Crippen LogP contribution < -0.4 is 5.73 Å². The quantitative estimate of drug-likeness (QED) is 0.676. The van der Waals surface area contributed by atoms with Crippen molar-refractivity contribution in [3.8, 4) is 6.07 Å². The van der Waals surface area contributed by atoms with Crippen LogP contribution in [-0.4, -0.2) is 4.98 Å². The summed E-state index contributed by atoms with van der Waals surface area (Å²) in [5.41, 5.74) is 7.32. The Kier molecular flexibility index (Phi) is 2.11. The molecule has 60 valence electrons. The van der Waals surface area contributed by atoms with E-state index in [2.05, 4.69) is 11.6 Å². The van der Waals surface area contributed by atoms with E-state index in [1.807, 2.05) is 13.0 Å². The predicted molar refractivity (Wildman–Crippen MR) is 48.1 cm³/mol. The molecule has 3 heteroatoms. The Morgan fingerprint density at radius 3 is 2.83 bits per heavy atom. The van der Waals surface area contributed by atoms with Crippen LogP contribution in [0, 0.1) is 11.3 Å². The number of pyridine rings is 1. The molecule has 0 spiro atoms. The summed E-state index contributed by atoms with van der Waals surface area (Å²) in [6, 6.07) is 5.38. The number of hydrogen-bond acceptors (Lipinski definition) is 3. The molecule has 1 aromatic heterocycles. The normalized spacial score (nSPS) is 9.00. The van der Waals surface area contributed by atoms with E-state index in [4.69, 9.17) is 11.0 Å². The van der Waals surface area contributed by atoms with Gasteiger partial charge in [-0.1, -0.05) is 6.58 Å². The van der Waals surface area contributed by atoms with E-state index < -0.39 is 0 Å². The third-order valence-corrected chi connectivity index (χ3v) is 1.48. The maximum Gasteiger partial charge on any atom is 0.150 e. The highest BCUT2D eigenvalue weighted by Crippen LogP contribution is 2.15. The number of nitriles is 1. The maximum atomic E-state index is 8.68. The first-order chi connectivity index (χ1) is 5.65. The molecule has 0 aliphatic heterocycles. The highest BCUT2D eigenvalue weighted by molar-refractivity contribution is 5.66. The van der Waals surface area contributed by atoms with Crippen LogP contribution in [0.1, 0.15) is 18.2 Å². The van der Waals surface area contributed by atoms with Crippen LogP contribution in [0.5, 0.6) is 0 Å². The Hall–Kier alpha value is -1.82. The monoisotopic (exact) mass is 159 g/mol. The Morgan fingerprint density at radius 1 is 1.67 bits per heavy atom. The van der Waals surface area contributed by atoms with Gasteiger partial charge in [0, 0.05) is 5.56 Å². The molecule has 0 atom stereocenters. The van der Waals surface area contributed by atoms with Gasteiger partial charge in [-0.2, -0.15) is 5.26 Å². The van der Waals surface area contributed by atoms with E-state index in [-0.39, 0.29) is 0 Å². The fourth-order valence-corrected chi connectivity index (χ4v) is 0.904. The molecule has 0 bridgehead atoms. The Balaban J connectivity index is 3.32. The number of allylic oxidation sites excluding steroid dienone is 1. The predicted octanol–water partition coefficient (Wildman–Crippen LogP) is 1.57. The lowest BCUT2D eigenvalue weighted by Gasteiger charge is -2.01. The van der Waals surface area contributed by atoms with Gasteiger partial charge in [-0.05, 0) is 24.6 Å². The number of nitrogen functional groups attached to an aromatic ring is 1. The summed E-state index contributed by atoms with van der Waals surface area (Å²) in [5.74, 6) is 0.358. The van der Waals surface area contributed by atoms with Crippen LogP contribution in [-0.2, 0) is 0 Å². The summed E-state index contributed by atoms with van der Waals surface area (Å²) >= 11 is 0. The molecule has 3 nitrogen and oxygen atoms in total. The van der Waals surface area contributed by atoms with Gasteiger partial charge >= 0.3 is 0 Å². The first-order valence-corrected chi connectivity index (χ1v) is 3.47. The van der Waals surface area contributed by atoms with E-state index in [1.54, 1.807) is 12.1 Å². The molecule has 2 N–H and O–H groups in total. The molecule has 0 aromatic carbocycles. The van der Waals surface area contributed by atoms with Crippen LogP contribution >= 0.6 is 0 Å². The van der Waals surface area contributed by atoms with Gasteiger partial charge in [-0.15, -0.1) is 0 Å². The zero-order valence-electron chi connectivity index (χ0n) is 6.83. The van der Waals surface area contributed by atoms with Gasteiger partial charge in [0.25, 0.3) is 0 Å². The van der Waals surface area contributed by atoms with Crippen LogP contribution in [0.25, 0.3) is 5.57 Å². The van der Waals surface area contributed by atoms with Gasteiger partial charge in [-0.3, -0.25) is 0 Å². The fourth-order valence-electron chi connectivity index (χ4n) is 0.904. The topological polar surface area (TPSA) is 62.7 Å². The van der Waals surface area contributed by atoms with Gasteiger partial charge in [0.15, 0.2) is 0 Å². The van der Waals surface area contributed by atoms with Crippen molar-refractivity contribution < 1.29 is 0 Å². The minimum Gasteiger partial charge on any atom is -0.384 e. The van der Waals surface area contributed by atoms with Crippen molar-refractivity contribution in [2.45, 2.75) is 6.92 Å². The zero-order valence-corrected chi connectivity index (χ0v) is 6.83. The highest BCUT2D eigenvalue weighted by Gasteiger charge is 2.03. The molecular formula is C9H9N3. The van der Waals surface area contributed by atoms with Gasteiger partial charge in [-0.25, -0.2) is 4.98 Å². The van der Waals surface area contributed by atoms with Crippen molar-refractivity contribution in [1.29, 1.82) is 5.26 Å². The van der Waals surface area contributed by atoms with Crippen LogP contribution in [0.15, 0.2) is 18.7 Å². The third kappa shape index (κ3) is 1.43. The van der Waals surface area contributed by atoms with Crippen molar-refractivity contribution in [2.75, 3.05) is 5.73 Å². The molecule has 1 heterocycles. The number of aromatic nitrogens is 1. The van der Waals surface area contributed by atoms with E-state index >= 15 is 0 Å². The average Bonchev–Trinajstić information content (AvgIpc) is 2.03. The summed E-state index contributed by atoms with van der Waals surface area (Å²) in [7, 11) is 0. The standard InChI is InChI=1S/C9H9N3/c1-6(2)7-3-4-9(11)12-8(7)5-10/h3-4H,1H2,2H3,(H2,11,12). The lowest BCUT2D eigenvalue weighted by Crippen LogP contribution is -1.95. The van der Waals surface area contributed by atoms with Gasteiger partial charge in [0.2, 0.25) is 0 Å². The fraction of sp³-hybridized carbons (Fsp3) is 0.111. The molecule has 0 aliphatic rings. The second-order valence-corrected chi connectivity index (χ2v) is 2.52. The highest BCUT2D eigenvalue weighted by atomic mass is 14.8. The molecule has 1 rings (SSSR count). The van der Waals surface area contributed by atoms with Crippen molar-refractivity contribution in [1.82, 2.24) is 4.98 Å². The Morgan fingerprint density at radius 2 is 2.33 bits per heavy atom. The number of nitrogens with zero attached hydrogens (tertiary/aromatic N) is 2. The second kappa shape index (κ2) is 3.05.